The SMILES string of the molecule is COc1ccc(C(=O)N(C)CC(=O)NC(C)(C)C)cc1. The highest BCUT2D eigenvalue weighted by molar-refractivity contribution is 5.96. The van der Waals surface area contributed by atoms with E-state index in [1.165, 1.54) is 4.90 Å². The van der Waals surface area contributed by atoms with Crippen molar-refractivity contribution in [3.05, 3.63) is 29.8 Å². The maximum atomic E-state index is 12.2. The van der Waals surface area contributed by atoms with Crippen LogP contribution in [0.1, 0.15) is 31.1 Å². The molecule has 0 fully saturated rings. The third kappa shape index (κ3) is 4.91. The van der Waals surface area contributed by atoms with Crippen LogP contribution in [0, 0.1) is 0 Å². The Morgan fingerprint density at radius 3 is 2.20 bits per heavy atom. The van der Waals surface area contributed by atoms with E-state index in [2.05, 4.69) is 5.32 Å². The topological polar surface area (TPSA) is 58.6 Å². The number of nitrogens with one attached hydrogen (secondary N) is 1. The molecule has 0 heterocycles. The number of ether oxygens (including phenoxy) is 1. The fraction of sp³-hybridized carbons (Fsp3) is 0.467. The number of carbonyl (C=O) groups excluding carboxylic acids is 2. The van der Waals surface area contributed by atoms with Gasteiger partial charge in [-0.15, -0.1) is 0 Å². The molecule has 0 aliphatic heterocycles. The first kappa shape index (κ1) is 16.0. The number of methoxy groups -OCH3 is 1. The Labute approximate surface area is 119 Å². The summed E-state index contributed by atoms with van der Waals surface area (Å²) in [6.45, 7) is 5.73. The van der Waals surface area contributed by atoms with Gasteiger partial charge in [0.1, 0.15) is 5.75 Å². The Morgan fingerprint density at radius 2 is 1.75 bits per heavy atom. The highest BCUT2D eigenvalue weighted by Crippen LogP contribution is 2.12. The lowest BCUT2D eigenvalue weighted by Gasteiger charge is -2.23. The molecule has 1 aromatic carbocycles. The van der Waals surface area contributed by atoms with Crippen LogP contribution in [0.2, 0.25) is 0 Å². The van der Waals surface area contributed by atoms with Gasteiger partial charge in [-0.05, 0) is 45.0 Å². The summed E-state index contributed by atoms with van der Waals surface area (Å²) >= 11 is 0. The zero-order valence-electron chi connectivity index (χ0n) is 12.7. The molecule has 0 atom stereocenters. The van der Waals surface area contributed by atoms with Crippen LogP contribution in [-0.4, -0.2) is 43.0 Å². The second-order valence-corrected chi connectivity index (χ2v) is 5.69. The van der Waals surface area contributed by atoms with E-state index < -0.39 is 0 Å². The van der Waals surface area contributed by atoms with Gasteiger partial charge in [-0.2, -0.15) is 0 Å². The molecule has 0 spiro atoms. The molecule has 2 amide bonds. The highest BCUT2D eigenvalue weighted by Gasteiger charge is 2.18. The predicted molar refractivity (Wildman–Crippen MR) is 77.9 cm³/mol. The van der Waals surface area contributed by atoms with E-state index in [4.69, 9.17) is 4.74 Å². The number of likely N-dealkylation sites (N-methyl/N-ethyl adjacent to an activating group) is 1. The zero-order valence-corrected chi connectivity index (χ0v) is 12.7. The molecule has 0 unspecified atom stereocenters. The van der Waals surface area contributed by atoms with Crippen molar-refractivity contribution in [2.45, 2.75) is 26.3 Å². The zero-order chi connectivity index (χ0) is 15.3. The summed E-state index contributed by atoms with van der Waals surface area (Å²) in [7, 11) is 3.18. The van der Waals surface area contributed by atoms with E-state index in [1.807, 2.05) is 20.8 Å². The molecule has 5 heteroatoms. The lowest BCUT2D eigenvalue weighted by molar-refractivity contribution is -0.122. The minimum absolute atomic E-state index is 0.0299. The first-order valence-electron chi connectivity index (χ1n) is 6.43. The number of rotatable bonds is 4. The normalized spacial score (nSPS) is 10.8. The minimum Gasteiger partial charge on any atom is -0.497 e. The average Bonchev–Trinajstić information content (AvgIpc) is 2.35. The van der Waals surface area contributed by atoms with Crippen LogP contribution in [0.15, 0.2) is 24.3 Å². The van der Waals surface area contributed by atoms with Gasteiger partial charge >= 0.3 is 0 Å². The monoisotopic (exact) mass is 278 g/mol. The molecule has 1 rings (SSSR count). The summed E-state index contributed by atoms with van der Waals surface area (Å²) in [6, 6.07) is 6.80. The molecule has 0 saturated heterocycles. The van der Waals surface area contributed by atoms with E-state index in [1.54, 1.807) is 38.4 Å². The third-order valence-corrected chi connectivity index (χ3v) is 2.58. The van der Waals surface area contributed by atoms with Crippen LogP contribution < -0.4 is 10.1 Å². The van der Waals surface area contributed by atoms with Crippen molar-refractivity contribution in [1.29, 1.82) is 0 Å². The molecule has 0 saturated carbocycles. The Morgan fingerprint density at radius 1 is 1.20 bits per heavy atom. The van der Waals surface area contributed by atoms with Gasteiger partial charge in [-0.3, -0.25) is 9.59 Å². The van der Waals surface area contributed by atoms with Gasteiger partial charge in [0.05, 0.1) is 13.7 Å². The van der Waals surface area contributed by atoms with Gasteiger partial charge in [0, 0.05) is 18.2 Å². The maximum absolute atomic E-state index is 12.2. The van der Waals surface area contributed by atoms with E-state index in [0.29, 0.717) is 11.3 Å². The Kier molecular flexibility index (Phi) is 5.13. The number of carbonyl (C=O) groups is 2. The molecule has 1 aromatic rings. The fourth-order valence-corrected chi connectivity index (χ4v) is 1.70. The second-order valence-electron chi connectivity index (χ2n) is 5.69. The third-order valence-electron chi connectivity index (χ3n) is 2.58. The van der Waals surface area contributed by atoms with E-state index in [0.717, 1.165) is 0 Å². The van der Waals surface area contributed by atoms with Crippen molar-refractivity contribution < 1.29 is 14.3 Å². The summed E-state index contributed by atoms with van der Waals surface area (Å²) < 4.78 is 5.04. The molecule has 5 nitrogen and oxygen atoms in total. The minimum atomic E-state index is -0.304. The quantitative estimate of drug-likeness (QED) is 0.911. The molecule has 1 N–H and O–H groups in total. The number of benzene rings is 1. The molecule has 0 aliphatic rings. The second kappa shape index (κ2) is 6.41. The van der Waals surface area contributed by atoms with Crippen molar-refractivity contribution in [3.63, 3.8) is 0 Å². The average molecular weight is 278 g/mol. The van der Waals surface area contributed by atoms with Crippen molar-refractivity contribution in [1.82, 2.24) is 10.2 Å². The molecular formula is C15H22N2O3. The van der Waals surface area contributed by atoms with E-state index >= 15 is 0 Å². The smallest absolute Gasteiger partial charge is 0.254 e. The summed E-state index contributed by atoms with van der Waals surface area (Å²) in [4.78, 5) is 25.3. The first-order chi connectivity index (χ1) is 9.23. The first-order valence-corrected chi connectivity index (χ1v) is 6.43. The number of hydrogen-bond donors (Lipinski definition) is 1. The Hall–Kier alpha value is -2.04. The van der Waals surface area contributed by atoms with Crippen LogP contribution in [0.5, 0.6) is 5.75 Å². The van der Waals surface area contributed by atoms with E-state index in [9.17, 15) is 9.59 Å². The Bertz CT molecular complexity index is 475. The van der Waals surface area contributed by atoms with Crippen molar-refractivity contribution in [2.24, 2.45) is 0 Å². The lowest BCUT2D eigenvalue weighted by atomic mass is 10.1. The van der Waals surface area contributed by atoms with Gasteiger partial charge in [-0.25, -0.2) is 0 Å². The molecule has 20 heavy (non-hydrogen) atoms. The summed E-state index contributed by atoms with van der Waals surface area (Å²) in [5.41, 5.74) is 0.220. The van der Waals surface area contributed by atoms with Gasteiger partial charge in [0.2, 0.25) is 5.91 Å². The largest absolute Gasteiger partial charge is 0.497 e. The molecule has 0 aromatic heterocycles. The lowest BCUT2D eigenvalue weighted by Crippen LogP contribution is -2.46. The van der Waals surface area contributed by atoms with Crippen molar-refractivity contribution in [3.8, 4) is 5.75 Å². The van der Waals surface area contributed by atoms with Gasteiger partial charge in [0.15, 0.2) is 0 Å². The summed E-state index contributed by atoms with van der Waals surface area (Å²) in [6.07, 6.45) is 0. The summed E-state index contributed by atoms with van der Waals surface area (Å²) in [5, 5.41) is 2.82. The highest BCUT2D eigenvalue weighted by atomic mass is 16.5. The van der Waals surface area contributed by atoms with E-state index in [-0.39, 0.29) is 23.9 Å². The fourth-order valence-electron chi connectivity index (χ4n) is 1.70. The number of amides is 2. The van der Waals surface area contributed by atoms with Crippen LogP contribution in [0.4, 0.5) is 0 Å². The predicted octanol–water partition coefficient (Wildman–Crippen LogP) is 1.68. The van der Waals surface area contributed by atoms with Crippen molar-refractivity contribution >= 4 is 11.8 Å². The molecule has 0 aliphatic carbocycles. The molecule has 0 radical (unpaired) electrons. The van der Waals surface area contributed by atoms with Crippen LogP contribution >= 0.6 is 0 Å². The van der Waals surface area contributed by atoms with Crippen LogP contribution in [0.25, 0.3) is 0 Å². The number of nitrogens with zero attached hydrogens (tertiary/aromatic N) is 1. The van der Waals surface area contributed by atoms with Crippen LogP contribution in [0.3, 0.4) is 0 Å². The van der Waals surface area contributed by atoms with Gasteiger partial charge in [0.25, 0.3) is 5.91 Å². The van der Waals surface area contributed by atoms with Gasteiger partial charge < -0.3 is 15.0 Å². The standard InChI is InChI=1S/C15H22N2O3/c1-15(2,3)16-13(18)10-17(4)14(19)11-6-8-12(20-5)9-7-11/h6-9H,10H2,1-5H3,(H,16,18). The van der Waals surface area contributed by atoms with Crippen LogP contribution in [-0.2, 0) is 4.79 Å². The molecular weight excluding hydrogens is 256 g/mol. The maximum Gasteiger partial charge on any atom is 0.254 e. The molecule has 0 bridgehead atoms. The summed E-state index contributed by atoms with van der Waals surface area (Å²) in [5.74, 6) is 0.313. The van der Waals surface area contributed by atoms with Crippen molar-refractivity contribution in [2.75, 3.05) is 20.7 Å². The van der Waals surface area contributed by atoms with Gasteiger partial charge in [-0.1, -0.05) is 0 Å². The number of hydrogen-bond acceptors (Lipinski definition) is 3. The Balaban J connectivity index is 2.64. The molecule has 110 valence electrons.